The van der Waals surface area contributed by atoms with Crippen LogP contribution in [0.2, 0.25) is 0 Å². The van der Waals surface area contributed by atoms with Crippen LogP contribution in [-0.2, 0) is 6.61 Å². The molecule has 20 heavy (non-hydrogen) atoms. The number of hydrogen-bond acceptors (Lipinski definition) is 5. The van der Waals surface area contributed by atoms with Crippen LogP contribution in [0.15, 0.2) is 36.4 Å². The first-order valence-electron chi connectivity index (χ1n) is 6.07. The van der Waals surface area contributed by atoms with Gasteiger partial charge in [0.1, 0.15) is 11.4 Å². The molecule has 2 rings (SSSR count). The van der Waals surface area contributed by atoms with E-state index in [1.807, 2.05) is 0 Å². The van der Waals surface area contributed by atoms with Gasteiger partial charge in [0.15, 0.2) is 17.2 Å². The molecule has 0 saturated carbocycles. The van der Waals surface area contributed by atoms with E-state index in [-0.39, 0.29) is 6.61 Å². The number of aliphatic hydroxyl groups is 1. The zero-order valence-electron chi connectivity index (χ0n) is 11.4. The van der Waals surface area contributed by atoms with Crippen molar-refractivity contribution >= 4 is 5.69 Å². The first kappa shape index (κ1) is 14.0. The van der Waals surface area contributed by atoms with Crippen LogP contribution in [0.5, 0.6) is 23.0 Å². The third-order valence-electron chi connectivity index (χ3n) is 2.88. The molecular formula is C15H17NO4. The Morgan fingerprint density at radius 2 is 1.65 bits per heavy atom. The fraction of sp³-hybridized carbons (Fsp3) is 0.200. The highest BCUT2D eigenvalue weighted by Gasteiger charge is 2.11. The Kier molecular flexibility index (Phi) is 4.32. The minimum atomic E-state index is -0.0576. The summed E-state index contributed by atoms with van der Waals surface area (Å²) in [5.41, 5.74) is 7.12. The monoisotopic (exact) mass is 275 g/mol. The molecule has 2 aromatic carbocycles. The lowest BCUT2D eigenvalue weighted by Crippen LogP contribution is -1.97. The normalized spacial score (nSPS) is 10.2. The number of para-hydroxylation sites is 1. The van der Waals surface area contributed by atoms with Crippen molar-refractivity contribution in [2.75, 3.05) is 20.0 Å². The molecule has 5 nitrogen and oxygen atoms in total. The average Bonchev–Trinajstić information content (AvgIpc) is 2.49. The van der Waals surface area contributed by atoms with Gasteiger partial charge in [0.05, 0.1) is 20.8 Å². The SMILES string of the molecule is COc1cc(CO)ccc1Oc1cccc(OC)c1N. The van der Waals surface area contributed by atoms with Gasteiger partial charge in [-0.05, 0) is 29.8 Å². The second kappa shape index (κ2) is 6.16. The van der Waals surface area contributed by atoms with Crippen LogP contribution >= 0.6 is 0 Å². The summed E-state index contributed by atoms with van der Waals surface area (Å²) in [4.78, 5) is 0. The predicted octanol–water partition coefficient (Wildman–Crippen LogP) is 2.57. The lowest BCUT2D eigenvalue weighted by atomic mass is 10.2. The van der Waals surface area contributed by atoms with E-state index >= 15 is 0 Å². The molecule has 0 radical (unpaired) electrons. The molecule has 0 amide bonds. The highest BCUT2D eigenvalue weighted by Crippen LogP contribution is 2.38. The summed E-state index contributed by atoms with van der Waals surface area (Å²) in [6.45, 7) is -0.0576. The van der Waals surface area contributed by atoms with Crippen LogP contribution in [-0.4, -0.2) is 19.3 Å². The van der Waals surface area contributed by atoms with E-state index in [0.29, 0.717) is 28.7 Å². The maximum absolute atomic E-state index is 9.12. The first-order valence-corrected chi connectivity index (χ1v) is 6.07. The highest BCUT2D eigenvalue weighted by molar-refractivity contribution is 5.64. The molecular weight excluding hydrogens is 258 g/mol. The third kappa shape index (κ3) is 2.78. The number of ether oxygens (including phenoxy) is 3. The van der Waals surface area contributed by atoms with Crippen molar-refractivity contribution in [2.45, 2.75) is 6.61 Å². The summed E-state index contributed by atoms with van der Waals surface area (Å²) in [6.07, 6.45) is 0. The number of benzene rings is 2. The van der Waals surface area contributed by atoms with Gasteiger partial charge in [0.25, 0.3) is 0 Å². The molecule has 0 heterocycles. The van der Waals surface area contributed by atoms with Crippen LogP contribution in [0.4, 0.5) is 5.69 Å². The van der Waals surface area contributed by atoms with Crippen molar-refractivity contribution in [3.63, 3.8) is 0 Å². The number of hydrogen-bond donors (Lipinski definition) is 2. The molecule has 0 fully saturated rings. The van der Waals surface area contributed by atoms with Gasteiger partial charge >= 0.3 is 0 Å². The molecule has 5 heteroatoms. The molecule has 0 aliphatic heterocycles. The number of methoxy groups -OCH3 is 2. The second-order valence-corrected chi connectivity index (χ2v) is 4.12. The molecule has 0 unspecified atom stereocenters. The smallest absolute Gasteiger partial charge is 0.169 e. The van der Waals surface area contributed by atoms with E-state index in [4.69, 9.17) is 25.1 Å². The van der Waals surface area contributed by atoms with Gasteiger partial charge in [-0.3, -0.25) is 0 Å². The summed E-state index contributed by atoms with van der Waals surface area (Å²) in [5, 5.41) is 9.12. The summed E-state index contributed by atoms with van der Waals surface area (Å²) < 4.78 is 16.2. The van der Waals surface area contributed by atoms with Gasteiger partial charge < -0.3 is 25.1 Å². The fourth-order valence-corrected chi connectivity index (χ4v) is 1.80. The van der Waals surface area contributed by atoms with E-state index in [0.717, 1.165) is 5.56 Å². The first-order chi connectivity index (χ1) is 9.69. The number of nitrogens with two attached hydrogens (primary N) is 1. The molecule has 0 aromatic heterocycles. The van der Waals surface area contributed by atoms with Crippen molar-refractivity contribution in [1.82, 2.24) is 0 Å². The molecule has 0 atom stereocenters. The molecule has 0 aliphatic carbocycles. The molecule has 0 bridgehead atoms. The molecule has 0 aliphatic rings. The average molecular weight is 275 g/mol. The van der Waals surface area contributed by atoms with E-state index in [9.17, 15) is 0 Å². The van der Waals surface area contributed by atoms with Gasteiger partial charge in [-0.1, -0.05) is 12.1 Å². The van der Waals surface area contributed by atoms with Crippen LogP contribution < -0.4 is 19.9 Å². The predicted molar refractivity (Wildman–Crippen MR) is 76.4 cm³/mol. The standard InChI is InChI=1S/C15H17NO4/c1-18-12-4-3-5-13(15(12)16)20-11-7-6-10(9-17)8-14(11)19-2/h3-8,17H,9,16H2,1-2H3. The van der Waals surface area contributed by atoms with Crippen LogP contribution in [0.3, 0.4) is 0 Å². The van der Waals surface area contributed by atoms with E-state index < -0.39 is 0 Å². The second-order valence-electron chi connectivity index (χ2n) is 4.12. The minimum absolute atomic E-state index is 0.0576. The minimum Gasteiger partial charge on any atom is -0.494 e. The van der Waals surface area contributed by atoms with Crippen molar-refractivity contribution in [1.29, 1.82) is 0 Å². The number of aliphatic hydroxyl groups excluding tert-OH is 1. The van der Waals surface area contributed by atoms with Crippen LogP contribution in [0.25, 0.3) is 0 Å². The van der Waals surface area contributed by atoms with Gasteiger partial charge in [-0.2, -0.15) is 0 Å². The van der Waals surface area contributed by atoms with Gasteiger partial charge in [-0.25, -0.2) is 0 Å². The molecule has 0 saturated heterocycles. The maximum Gasteiger partial charge on any atom is 0.169 e. The van der Waals surface area contributed by atoms with Gasteiger partial charge in [0, 0.05) is 0 Å². The Hall–Kier alpha value is -2.40. The Balaban J connectivity index is 2.35. The zero-order chi connectivity index (χ0) is 14.5. The highest BCUT2D eigenvalue weighted by atomic mass is 16.5. The fourth-order valence-electron chi connectivity index (χ4n) is 1.80. The largest absolute Gasteiger partial charge is 0.494 e. The number of rotatable bonds is 5. The molecule has 2 aromatic rings. The van der Waals surface area contributed by atoms with Gasteiger partial charge in [-0.15, -0.1) is 0 Å². The van der Waals surface area contributed by atoms with Crippen LogP contribution in [0.1, 0.15) is 5.56 Å². The molecule has 0 spiro atoms. The van der Waals surface area contributed by atoms with E-state index in [2.05, 4.69) is 0 Å². The Morgan fingerprint density at radius 3 is 2.30 bits per heavy atom. The van der Waals surface area contributed by atoms with Crippen molar-refractivity contribution < 1.29 is 19.3 Å². The quantitative estimate of drug-likeness (QED) is 0.820. The Morgan fingerprint density at radius 1 is 0.950 bits per heavy atom. The molecule has 106 valence electrons. The lowest BCUT2D eigenvalue weighted by molar-refractivity contribution is 0.280. The van der Waals surface area contributed by atoms with E-state index in [1.165, 1.54) is 7.11 Å². The molecule has 3 N–H and O–H groups in total. The number of nitrogen functional groups attached to an aromatic ring is 1. The number of anilines is 1. The van der Waals surface area contributed by atoms with E-state index in [1.54, 1.807) is 43.5 Å². The zero-order valence-corrected chi connectivity index (χ0v) is 11.4. The maximum atomic E-state index is 9.12. The van der Waals surface area contributed by atoms with Crippen LogP contribution in [0, 0.1) is 0 Å². The van der Waals surface area contributed by atoms with Crippen molar-refractivity contribution in [3.8, 4) is 23.0 Å². The van der Waals surface area contributed by atoms with Crippen molar-refractivity contribution in [3.05, 3.63) is 42.0 Å². The third-order valence-corrected chi connectivity index (χ3v) is 2.88. The van der Waals surface area contributed by atoms with Crippen molar-refractivity contribution in [2.24, 2.45) is 0 Å². The van der Waals surface area contributed by atoms with Gasteiger partial charge in [0.2, 0.25) is 0 Å². The Labute approximate surface area is 117 Å². The summed E-state index contributed by atoms with van der Waals surface area (Å²) in [6, 6.07) is 10.5. The Bertz CT molecular complexity index is 598. The summed E-state index contributed by atoms with van der Waals surface area (Å²) in [7, 11) is 3.09. The summed E-state index contributed by atoms with van der Waals surface area (Å²) >= 11 is 0. The topological polar surface area (TPSA) is 73.9 Å². The lowest BCUT2D eigenvalue weighted by Gasteiger charge is -2.14. The summed E-state index contributed by atoms with van der Waals surface area (Å²) in [5.74, 6) is 2.08.